The Morgan fingerprint density at radius 3 is 2.03 bits per heavy atom. The van der Waals surface area contributed by atoms with Crippen LogP contribution in [0.4, 0.5) is 4.79 Å². The number of nitrogens with zero attached hydrogens (tertiary/aromatic N) is 1. The maximum Gasteiger partial charge on any atom is 0.414 e. The zero-order valence-corrected chi connectivity index (χ0v) is 20.2. The van der Waals surface area contributed by atoms with E-state index in [0.717, 1.165) is 12.8 Å². The highest BCUT2D eigenvalue weighted by molar-refractivity contribution is 6.27. The minimum absolute atomic E-state index is 0.0194. The van der Waals surface area contributed by atoms with Gasteiger partial charge >= 0.3 is 24.0 Å². The Morgan fingerprint density at radius 1 is 1.00 bits per heavy atom. The molecule has 1 aliphatic rings. The summed E-state index contributed by atoms with van der Waals surface area (Å²) in [5.41, 5.74) is -1.07. The lowest BCUT2D eigenvalue weighted by atomic mass is 10.1. The van der Waals surface area contributed by atoms with Crippen LogP contribution in [0.25, 0.3) is 0 Å². The molecule has 1 fully saturated rings. The van der Waals surface area contributed by atoms with Gasteiger partial charge in [0.05, 0.1) is 6.04 Å². The third kappa shape index (κ3) is 15.5. The molecular weight excluding hydrogens is 438 g/mol. The van der Waals surface area contributed by atoms with Gasteiger partial charge in [0.2, 0.25) is 5.91 Å². The maximum absolute atomic E-state index is 12.5. The Bertz CT molecular complexity index is 684. The van der Waals surface area contributed by atoms with E-state index in [1.54, 1.807) is 25.7 Å². The predicted octanol–water partition coefficient (Wildman–Crippen LogP) is 0.979. The van der Waals surface area contributed by atoms with Gasteiger partial charge in [-0.2, -0.15) is 0 Å². The number of unbranched alkanes of at least 4 members (excludes halogenated alkanes) is 1. The third-order valence-electron chi connectivity index (χ3n) is 3.89. The molecule has 4 N–H and O–H groups in total. The lowest BCUT2D eigenvalue weighted by Crippen LogP contribution is -2.56. The number of hydrogen-bond donors (Lipinski definition) is 4. The molecule has 0 aromatic heterocycles. The van der Waals surface area contributed by atoms with E-state index in [1.165, 1.54) is 0 Å². The van der Waals surface area contributed by atoms with E-state index >= 15 is 0 Å². The van der Waals surface area contributed by atoms with Gasteiger partial charge in [-0.05, 0) is 60.8 Å². The van der Waals surface area contributed by atoms with E-state index in [-0.39, 0.29) is 18.5 Å². The SMILES string of the molecule is CC(C)(C)OC(=O)CN1CCN[C@@H](CCCCNC(=O)OC(C)(C)C)C1=O.O=C(O)C(=O)O. The summed E-state index contributed by atoms with van der Waals surface area (Å²) in [4.78, 5) is 55.8. The van der Waals surface area contributed by atoms with Crippen LogP contribution in [0.5, 0.6) is 0 Å². The summed E-state index contributed by atoms with van der Waals surface area (Å²) >= 11 is 0. The minimum atomic E-state index is -1.82. The molecule has 1 rings (SSSR count). The second-order valence-corrected chi connectivity index (χ2v) is 9.39. The number of piperazine rings is 1. The number of ether oxygens (including phenoxy) is 2. The fraction of sp³-hybridized carbons (Fsp3) is 0.762. The van der Waals surface area contributed by atoms with Crippen molar-refractivity contribution in [2.75, 3.05) is 26.2 Å². The van der Waals surface area contributed by atoms with E-state index in [0.29, 0.717) is 26.1 Å². The minimum Gasteiger partial charge on any atom is -0.473 e. The van der Waals surface area contributed by atoms with Gasteiger partial charge in [-0.3, -0.25) is 9.59 Å². The first kappa shape index (κ1) is 30.1. The Morgan fingerprint density at radius 2 is 1.55 bits per heavy atom. The standard InChI is InChI=1S/C19H35N3O5.C2H2O4/c1-18(2,3)26-15(23)13-22-12-11-20-14(16(22)24)9-7-8-10-21-17(25)27-19(4,5)6;3-1(4)2(5)6/h14,20H,7-13H2,1-6H3,(H,21,25);(H,3,4)(H,5,6)/t14-;/m0./s1. The van der Waals surface area contributed by atoms with Crippen LogP contribution in [-0.4, -0.2) is 88.4 Å². The molecule has 190 valence electrons. The van der Waals surface area contributed by atoms with Crippen molar-refractivity contribution < 1.29 is 43.7 Å². The van der Waals surface area contributed by atoms with Gasteiger partial charge in [-0.25, -0.2) is 14.4 Å². The van der Waals surface area contributed by atoms with Crippen LogP contribution in [0.15, 0.2) is 0 Å². The van der Waals surface area contributed by atoms with Gasteiger partial charge in [0.1, 0.15) is 17.7 Å². The monoisotopic (exact) mass is 475 g/mol. The quantitative estimate of drug-likeness (QED) is 0.236. The number of aliphatic carboxylic acids is 2. The lowest BCUT2D eigenvalue weighted by Gasteiger charge is -2.33. The largest absolute Gasteiger partial charge is 0.473 e. The average Bonchev–Trinajstić information content (AvgIpc) is 2.61. The number of nitrogens with one attached hydrogen (secondary N) is 2. The zero-order valence-electron chi connectivity index (χ0n) is 20.2. The molecule has 2 amide bonds. The molecule has 1 saturated heterocycles. The number of carbonyl (C=O) groups is 5. The summed E-state index contributed by atoms with van der Waals surface area (Å²) in [6, 6.07) is -0.303. The summed E-state index contributed by atoms with van der Waals surface area (Å²) in [6.07, 6.45) is 1.74. The van der Waals surface area contributed by atoms with Crippen molar-refractivity contribution in [3.05, 3.63) is 0 Å². The van der Waals surface area contributed by atoms with Gasteiger partial charge in [-0.1, -0.05) is 0 Å². The zero-order chi connectivity index (χ0) is 25.8. The van der Waals surface area contributed by atoms with E-state index in [4.69, 9.17) is 29.3 Å². The Kier molecular flexibility index (Phi) is 12.4. The first-order valence-corrected chi connectivity index (χ1v) is 10.7. The van der Waals surface area contributed by atoms with Crippen molar-refractivity contribution in [3.63, 3.8) is 0 Å². The van der Waals surface area contributed by atoms with Crippen LogP contribution in [0.1, 0.15) is 60.8 Å². The average molecular weight is 476 g/mol. The van der Waals surface area contributed by atoms with E-state index in [2.05, 4.69) is 10.6 Å². The summed E-state index contributed by atoms with van der Waals surface area (Å²) in [7, 11) is 0. The summed E-state index contributed by atoms with van der Waals surface area (Å²) in [6.45, 7) is 12.5. The fourth-order valence-electron chi connectivity index (χ4n) is 2.68. The molecule has 0 bridgehead atoms. The van der Waals surface area contributed by atoms with Crippen molar-refractivity contribution in [2.45, 2.75) is 78.0 Å². The van der Waals surface area contributed by atoms with Gasteiger partial charge in [-0.15, -0.1) is 0 Å². The molecule has 1 atom stereocenters. The number of amides is 2. The Balaban J connectivity index is 0.00000150. The first-order chi connectivity index (χ1) is 15.0. The predicted molar refractivity (Wildman–Crippen MR) is 118 cm³/mol. The highest BCUT2D eigenvalue weighted by Gasteiger charge is 2.30. The van der Waals surface area contributed by atoms with Crippen molar-refractivity contribution in [2.24, 2.45) is 0 Å². The first-order valence-electron chi connectivity index (χ1n) is 10.7. The van der Waals surface area contributed by atoms with Gasteiger partial charge in [0.15, 0.2) is 0 Å². The van der Waals surface area contributed by atoms with Crippen LogP contribution in [-0.2, 0) is 28.7 Å². The number of carboxylic acids is 2. The molecule has 33 heavy (non-hydrogen) atoms. The molecular formula is C21H37N3O9. The number of alkyl carbamates (subject to hydrolysis) is 1. The van der Waals surface area contributed by atoms with Gasteiger partial charge in [0.25, 0.3) is 0 Å². The summed E-state index contributed by atoms with van der Waals surface area (Å²) in [5, 5.41) is 20.7. The molecule has 0 aromatic carbocycles. The molecule has 12 heteroatoms. The molecule has 0 radical (unpaired) electrons. The smallest absolute Gasteiger partial charge is 0.414 e. The molecule has 0 spiro atoms. The number of hydrogen-bond acceptors (Lipinski definition) is 8. The van der Waals surface area contributed by atoms with E-state index in [9.17, 15) is 14.4 Å². The lowest BCUT2D eigenvalue weighted by molar-refractivity contribution is -0.160. The van der Waals surface area contributed by atoms with Crippen LogP contribution in [0, 0.1) is 0 Å². The van der Waals surface area contributed by atoms with Crippen LogP contribution >= 0.6 is 0 Å². The molecule has 0 aromatic rings. The van der Waals surface area contributed by atoms with Crippen LogP contribution in [0.2, 0.25) is 0 Å². The second kappa shape index (κ2) is 13.6. The van der Waals surface area contributed by atoms with Crippen molar-refractivity contribution >= 4 is 29.9 Å². The van der Waals surface area contributed by atoms with Crippen molar-refractivity contribution in [1.29, 1.82) is 0 Å². The summed E-state index contributed by atoms with van der Waals surface area (Å²) in [5.74, 6) is -4.12. The van der Waals surface area contributed by atoms with Crippen LogP contribution in [0.3, 0.4) is 0 Å². The highest BCUT2D eigenvalue weighted by atomic mass is 16.6. The molecule has 0 unspecified atom stereocenters. The highest BCUT2D eigenvalue weighted by Crippen LogP contribution is 2.12. The second-order valence-electron chi connectivity index (χ2n) is 9.39. The number of carbonyl (C=O) groups excluding carboxylic acids is 3. The molecule has 1 aliphatic heterocycles. The van der Waals surface area contributed by atoms with Gasteiger partial charge in [0, 0.05) is 19.6 Å². The number of rotatable bonds is 7. The van der Waals surface area contributed by atoms with E-state index in [1.807, 2.05) is 20.8 Å². The van der Waals surface area contributed by atoms with Crippen molar-refractivity contribution in [3.8, 4) is 0 Å². The molecule has 0 aliphatic carbocycles. The topological polar surface area (TPSA) is 172 Å². The Hall–Kier alpha value is -2.89. The summed E-state index contributed by atoms with van der Waals surface area (Å²) < 4.78 is 10.5. The van der Waals surface area contributed by atoms with Crippen LogP contribution < -0.4 is 10.6 Å². The molecule has 12 nitrogen and oxygen atoms in total. The molecule has 0 saturated carbocycles. The van der Waals surface area contributed by atoms with E-state index < -0.39 is 35.2 Å². The maximum atomic E-state index is 12.5. The number of carboxylic acid groups (broad SMARTS) is 2. The Labute approximate surface area is 194 Å². The van der Waals surface area contributed by atoms with Crippen molar-refractivity contribution in [1.82, 2.24) is 15.5 Å². The molecule has 1 heterocycles. The normalized spacial score (nSPS) is 16.2. The third-order valence-corrected chi connectivity index (χ3v) is 3.89. The van der Waals surface area contributed by atoms with Gasteiger partial charge < -0.3 is 35.2 Å². The fourth-order valence-corrected chi connectivity index (χ4v) is 2.68. The number of esters is 1.